The molecule has 7 heterocycles. The SMILES string of the molecule is BrCCOCCOCCOCCOc1ccc(-c2nc3c(-c4ccc(-c5ccccc5)s4)c4nsnc4c(-c4ccc(-c5c6nsnc6c(-c6ccc(-c7ccccc7)s6)c6nc(-c7ccc(OCCOCCOCCOCCBr)cc7)c(-c7ccc(OCCOCCOCCOCCBr)cc7)nc56)s4)c3nc2-c2ccc(OCCOCCOCCOCCBr)cc2)cc1. The van der Waals surface area contributed by atoms with E-state index in [0.717, 1.165) is 130 Å². The number of hydrogen-bond donors (Lipinski definition) is 0. The van der Waals surface area contributed by atoms with E-state index in [4.69, 9.17) is 113 Å². The summed E-state index contributed by atoms with van der Waals surface area (Å²) >= 11 is 20.8. The van der Waals surface area contributed by atoms with Gasteiger partial charge in [0.05, 0.1) is 205 Å². The molecule has 33 heteroatoms. The lowest BCUT2D eigenvalue weighted by atomic mass is 9.98. The van der Waals surface area contributed by atoms with Crippen molar-refractivity contribution in [2.24, 2.45) is 0 Å². The van der Waals surface area contributed by atoms with Crippen molar-refractivity contribution in [2.75, 3.05) is 206 Å². The smallest absolute Gasteiger partial charge is 0.119 e. The van der Waals surface area contributed by atoms with E-state index in [2.05, 4.69) is 149 Å². The summed E-state index contributed by atoms with van der Waals surface area (Å²) in [7, 11) is 0. The van der Waals surface area contributed by atoms with Crippen LogP contribution in [-0.2, 0) is 56.8 Å². The molecule has 0 N–H and O–H groups in total. The predicted molar refractivity (Wildman–Crippen MR) is 530 cm³/mol. The number of hydrogen-bond acceptors (Lipinski definition) is 29. The third kappa shape index (κ3) is 26.4. The van der Waals surface area contributed by atoms with E-state index in [1.807, 2.05) is 109 Å². The van der Waals surface area contributed by atoms with Gasteiger partial charge in [-0.1, -0.05) is 124 Å². The summed E-state index contributed by atoms with van der Waals surface area (Å²) < 4.78 is 115. The van der Waals surface area contributed by atoms with Gasteiger partial charge < -0.3 is 75.8 Å². The topological polar surface area (TPSA) is 251 Å². The Bertz CT molecular complexity index is 5570. The summed E-state index contributed by atoms with van der Waals surface area (Å²) in [6, 6.07) is 65.6. The zero-order chi connectivity index (χ0) is 88.2. The van der Waals surface area contributed by atoms with Crippen molar-refractivity contribution in [3.8, 4) is 131 Å². The third-order valence-electron chi connectivity index (χ3n) is 19.9. The predicted octanol–water partition coefficient (Wildman–Crippen LogP) is 21.7. The zero-order valence-corrected chi connectivity index (χ0v) is 81.2. The first-order valence-corrected chi connectivity index (χ1v) is 50.8. The number of rotatable bonds is 58. The highest BCUT2D eigenvalue weighted by Gasteiger charge is 2.31. The van der Waals surface area contributed by atoms with Gasteiger partial charge in [-0.15, -0.1) is 34.0 Å². The van der Waals surface area contributed by atoms with E-state index in [1.165, 1.54) is 0 Å². The average molecular weight is 2100 g/mol. The van der Waals surface area contributed by atoms with Crippen LogP contribution in [0.4, 0.5) is 0 Å². The van der Waals surface area contributed by atoms with Crippen molar-refractivity contribution in [2.45, 2.75) is 0 Å². The molecule has 0 saturated heterocycles. The Labute approximate surface area is 802 Å². The standard InChI is InChI=1S/C96H96Br4N8O16S5/c97-33-37-109-41-45-113-49-53-117-57-61-121-71-19-11-67(12-20-71)85-87(69-15-23-73(24-16-69)123-63-59-119-55-51-115-47-43-111-39-35-99)103-91-83(95-93(105-128-107-95)81(89(91)101-85)77-29-27-75(125-77)65-7-3-1-4-8-65)79-31-32-80(127-79)84-92-90(82(94-96(84)108-129-106-94)78-30-28-76(126-78)66-9-5-2-6-10-66)102-86(68-13-21-72(22-14-68)122-62-58-118-54-50-114-46-42-110-38-34-98)88(104-92)70-17-25-74(26-18-70)124-64-60-120-56-52-116-48-44-112-40-36-100/h1-32H,33-64H2. The Hall–Kier alpha value is -8.18. The lowest BCUT2D eigenvalue weighted by molar-refractivity contribution is 0.0119. The van der Waals surface area contributed by atoms with Crippen molar-refractivity contribution < 1.29 is 75.8 Å². The molecular formula is C96H96Br4N8O16S5. The summed E-state index contributed by atoms with van der Waals surface area (Å²) in [4.78, 5) is 29.5. The zero-order valence-electron chi connectivity index (χ0n) is 70.8. The normalized spacial score (nSPS) is 11.7. The summed E-state index contributed by atoms with van der Waals surface area (Å²) in [5.41, 5.74) is 16.3. The van der Waals surface area contributed by atoms with Crippen LogP contribution in [0.2, 0.25) is 0 Å². The fraction of sp³-hybridized carbons (Fsp3) is 0.333. The second kappa shape index (κ2) is 51.7. The Morgan fingerprint density at radius 2 is 0.380 bits per heavy atom. The maximum Gasteiger partial charge on any atom is 0.119 e. The van der Waals surface area contributed by atoms with E-state index in [9.17, 15) is 0 Å². The molecular weight excluding hydrogens is 2000 g/mol. The number of ether oxygens (including phenoxy) is 16. The molecule has 8 aromatic carbocycles. The van der Waals surface area contributed by atoms with Crippen LogP contribution < -0.4 is 18.9 Å². The van der Waals surface area contributed by atoms with Crippen LogP contribution in [-0.4, -0.2) is 244 Å². The number of nitrogens with zero attached hydrogens (tertiary/aromatic N) is 8. The largest absolute Gasteiger partial charge is 0.491 e. The first-order chi connectivity index (χ1) is 63.9. The number of aromatic nitrogens is 8. The van der Waals surface area contributed by atoms with Gasteiger partial charge in [-0.2, -0.15) is 17.5 Å². The quantitative estimate of drug-likeness (QED) is 0.0254. The minimum absolute atomic E-state index is 0.327. The maximum absolute atomic E-state index is 6.31. The molecule has 24 nitrogen and oxygen atoms in total. The van der Waals surface area contributed by atoms with E-state index in [-0.39, 0.29) is 0 Å². The molecule has 0 atom stereocenters. The van der Waals surface area contributed by atoms with Crippen LogP contribution in [0.5, 0.6) is 23.0 Å². The van der Waals surface area contributed by atoms with Gasteiger partial charge in [0.15, 0.2) is 0 Å². The number of fused-ring (bicyclic) bond motifs is 4. The van der Waals surface area contributed by atoms with Crippen molar-refractivity contribution in [1.82, 2.24) is 37.4 Å². The maximum atomic E-state index is 6.31. The number of alkyl halides is 4. The summed E-state index contributed by atoms with van der Waals surface area (Å²) in [5, 5.41) is 3.12. The van der Waals surface area contributed by atoms with E-state index in [1.54, 1.807) is 34.0 Å². The van der Waals surface area contributed by atoms with Crippen molar-refractivity contribution >= 4 is 165 Å². The van der Waals surface area contributed by atoms with Crippen molar-refractivity contribution in [3.05, 3.63) is 194 Å². The molecule has 0 unspecified atom stereocenters. The molecule has 0 amide bonds. The molecule has 0 spiro atoms. The highest BCUT2D eigenvalue weighted by molar-refractivity contribution is 9.09. The molecule has 0 fully saturated rings. The summed E-state index contributed by atoms with van der Waals surface area (Å²) in [6.45, 7) is 13.0. The molecule has 0 aliphatic heterocycles. The molecule has 129 heavy (non-hydrogen) atoms. The third-order valence-corrected chi connectivity index (χ3v) is 25.7. The monoisotopic (exact) mass is 2090 g/mol. The Balaban J connectivity index is 0.832. The van der Waals surface area contributed by atoms with Crippen LogP contribution in [0.15, 0.2) is 194 Å². The van der Waals surface area contributed by atoms with Crippen LogP contribution >= 0.6 is 121 Å². The van der Waals surface area contributed by atoms with Gasteiger partial charge in [-0.05, 0) is 145 Å². The molecule has 0 radical (unpaired) electrons. The van der Waals surface area contributed by atoms with Crippen LogP contribution in [0.1, 0.15) is 0 Å². The Kier molecular flexibility index (Phi) is 38.3. The van der Waals surface area contributed by atoms with E-state index < -0.39 is 0 Å². The summed E-state index contributed by atoms with van der Waals surface area (Å²) in [5.74, 6) is 2.65. The molecule has 0 aliphatic rings. The van der Waals surface area contributed by atoms with Crippen LogP contribution in [0, 0.1) is 0 Å². The van der Waals surface area contributed by atoms with Crippen molar-refractivity contribution in [1.29, 1.82) is 0 Å². The van der Waals surface area contributed by atoms with Gasteiger partial charge in [0.25, 0.3) is 0 Å². The highest BCUT2D eigenvalue weighted by Crippen LogP contribution is 2.52. The van der Waals surface area contributed by atoms with E-state index >= 15 is 0 Å². The Morgan fingerprint density at radius 1 is 0.186 bits per heavy atom. The molecule has 0 saturated carbocycles. The van der Waals surface area contributed by atoms with Gasteiger partial charge in [0.2, 0.25) is 0 Å². The first-order valence-electron chi connectivity index (χ1n) is 42.4. The number of benzene rings is 8. The first kappa shape index (κ1) is 95.4. The molecule has 674 valence electrons. The highest BCUT2D eigenvalue weighted by atomic mass is 79.9. The van der Waals surface area contributed by atoms with Gasteiger partial charge >= 0.3 is 0 Å². The van der Waals surface area contributed by atoms with Crippen LogP contribution in [0.3, 0.4) is 0 Å². The van der Waals surface area contributed by atoms with Gasteiger partial charge in [0.1, 0.15) is 93.6 Å². The van der Waals surface area contributed by atoms with Gasteiger partial charge in [-0.3, -0.25) is 0 Å². The fourth-order valence-corrected chi connectivity index (χ4v) is 19.2. The molecule has 0 bridgehead atoms. The Morgan fingerprint density at radius 3 is 0.597 bits per heavy atom. The second-order valence-corrected chi connectivity index (χ2v) is 36.0. The molecule has 7 aromatic heterocycles. The average Bonchev–Trinajstić information content (AvgIpc) is 0.864. The molecule has 0 aliphatic carbocycles. The minimum atomic E-state index is 0.327. The lowest BCUT2D eigenvalue weighted by Crippen LogP contribution is -2.13. The number of halogens is 4. The van der Waals surface area contributed by atoms with Crippen LogP contribution in [0.25, 0.3) is 152 Å². The van der Waals surface area contributed by atoms with Gasteiger partial charge in [0, 0.05) is 95.1 Å². The molecule has 15 aromatic rings. The fourth-order valence-electron chi connectivity index (χ4n) is 14.0. The lowest BCUT2D eigenvalue weighted by Gasteiger charge is -2.16. The second-order valence-electron chi connectivity index (χ2n) is 28.5. The molecule has 15 rings (SSSR count). The van der Waals surface area contributed by atoms with E-state index in [0.29, 0.717) is 275 Å². The number of thiophene rings is 3. The summed E-state index contributed by atoms with van der Waals surface area (Å²) in [6.07, 6.45) is 0. The van der Waals surface area contributed by atoms with Crippen molar-refractivity contribution in [3.63, 3.8) is 0 Å². The van der Waals surface area contributed by atoms with Gasteiger partial charge in [-0.25, -0.2) is 19.9 Å². The minimum Gasteiger partial charge on any atom is -0.491 e.